The number of fused-ring (bicyclic) bond motifs is 1. The molecule has 0 saturated carbocycles. The number of thiazole rings is 1. The first-order valence-electron chi connectivity index (χ1n) is 8.90. The largest absolute Gasteiger partial charge is 0.310 e. The fourth-order valence-corrected chi connectivity index (χ4v) is 3.72. The lowest BCUT2D eigenvalue weighted by Gasteiger charge is -2.04. The van der Waals surface area contributed by atoms with Crippen LogP contribution in [0.4, 0.5) is 5.82 Å². The summed E-state index contributed by atoms with van der Waals surface area (Å²) in [6.45, 7) is 2.14. The van der Waals surface area contributed by atoms with Crippen molar-refractivity contribution in [2.45, 2.75) is 19.8 Å². The fourth-order valence-electron chi connectivity index (χ4n) is 2.89. The number of nitrogens with one attached hydrogen (secondary N) is 1. The lowest BCUT2D eigenvalue weighted by atomic mass is 10.1. The molecule has 0 radical (unpaired) electrons. The van der Waals surface area contributed by atoms with Gasteiger partial charge in [0.15, 0.2) is 0 Å². The molecule has 2 aromatic carbocycles. The number of hydrogen-bond acceptors (Lipinski definition) is 4. The minimum atomic E-state index is -0.115. The highest BCUT2D eigenvalue weighted by atomic mass is 32.1. The molecular weight excluding hydrogens is 354 g/mol. The van der Waals surface area contributed by atoms with Gasteiger partial charge in [0.25, 0.3) is 0 Å². The van der Waals surface area contributed by atoms with Crippen LogP contribution in [0.1, 0.15) is 18.2 Å². The van der Waals surface area contributed by atoms with Crippen molar-refractivity contribution in [3.05, 3.63) is 77.3 Å². The molecule has 0 aliphatic heterocycles. The van der Waals surface area contributed by atoms with Crippen molar-refractivity contribution in [3.63, 3.8) is 0 Å². The molecule has 0 spiro atoms. The lowest BCUT2D eigenvalue weighted by molar-refractivity contribution is -0.115. The van der Waals surface area contributed by atoms with Gasteiger partial charge in [-0.2, -0.15) is 0 Å². The normalized spacial score (nSPS) is 10.9. The van der Waals surface area contributed by atoms with Crippen molar-refractivity contribution in [3.8, 4) is 10.6 Å². The molecule has 2 aromatic heterocycles. The summed E-state index contributed by atoms with van der Waals surface area (Å²) >= 11 is 1.56. The van der Waals surface area contributed by atoms with Gasteiger partial charge in [0, 0.05) is 16.3 Å². The number of hydrogen-bond donors (Lipinski definition) is 1. The van der Waals surface area contributed by atoms with Crippen molar-refractivity contribution in [1.82, 2.24) is 9.97 Å². The third-order valence-electron chi connectivity index (χ3n) is 4.37. The van der Waals surface area contributed by atoms with Crippen LogP contribution >= 0.6 is 11.3 Å². The van der Waals surface area contributed by atoms with E-state index in [1.165, 1.54) is 5.56 Å². The number of aryl methyl sites for hydroxylation is 1. The summed E-state index contributed by atoms with van der Waals surface area (Å²) in [5.74, 6) is 0.445. The third-order valence-corrected chi connectivity index (χ3v) is 5.31. The Bertz CT molecular complexity index is 1090. The summed E-state index contributed by atoms with van der Waals surface area (Å²) in [5.41, 5.74) is 4.02. The summed E-state index contributed by atoms with van der Waals surface area (Å²) in [5, 5.41) is 6.79. The molecule has 1 amide bonds. The highest BCUT2D eigenvalue weighted by Crippen LogP contribution is 2.24. The van der Waals surface area contributed by atoms with E-state index in [0.717, 1.165) is 33.6 Å². The number of benzene rings is 2. The molecule has 0 aliphatic rings. The molecule has 4 nitrogen and oxygen atoms in total. The lowest BCUT2D eigenvalue weighted by Crippen LogP contribution is -2.15. The number of anilines is 1. The van der Waals surface area contributed by atoms with Crippen molar-refractivity contribution >= 4 is 34.0 Å². The molecule has 0 bridgehead atoms. The van der Waals surface area contributed by atoms with Crippen LogP contribution < -0.4 is 5.32 Å². The highest BCUT2D eigenvalue weighted by Gasteiger charge is 2.10. The van der Waals surface area contributed by atoms with Crippen molar-refractivity contribution in [2.75, 3.05) is 5.32 Å². The molecule has 27 heavy (non-hydrogen) atoms. The van der Waals surface area contributed by atoms with Crippen LogP contribution in [0, 0.1) is 0 Å². The molecule has 0 atom stereocenters. The minimum absolute atomic E-state index is 0.115. The summed E-state index contributed by atoms with van der Waals surface area (Å²) in [6, 6.07) is 20.0. The first-order chi connectivity index (χ1) is 13.2. The first kappa shape index (κ1) is 17.4. The second kappa shape index (κ2) is 7.68. The van der Waals surface area contributed by atoms with Gasteiger partial charge >= 0.3 is 0 Å². The molecule has 0 saturated heterocycles. The Balaban J connectivity index is 1.43. The number of amides is 1. The molecule has 134 valence electrons. The monoisotopic (exact) mass is 373 g/mol. The van der Waals surface area contributed by atoms with Crippen molar-refractivity contribution in [2.24, 2.45) is 0 Å². The first-order valence-corrected chi connectivity index (χ1v) is 9.78. The molecule has 0 aliphatic carbocycles. The Morgan fingerprint density at radius 2 is 1.81 bits per heavy atom. The van der Waals surface area contributed by atoms with Crippen LogP contribution in [0.25, 0.3) is 21.5 Å². The number of pyridine rings is 1. The van der Waals surface area contributed by atoms with Crippen LogP contribution in [0.5, 0.6) is 0 Å². The van der Waals surface area contributed by atoms with Gasteiger partial charge in [-0.15, -0.1) is 11.3 Å². The van der Waals surface area contributed by atoms with Gasteiger partial charge in [0.05, 0.1) is 17.6 Å². The van der Waals surface area contributed by atoms with E-state index in [4.69, 9.17) is 0 Å². The maximum atomic E-state index is 12.4. The minimum Gasteiger partial charge on any atom is -0.310 e. The Labute approximate surface area is 161 Å². The van der Waals surface area contributed by atoms with Gasteiger partial charge in [0.1, 0.15) is 10.8 Å². The number of carbonyl (C=O) groups excluding carboxylic acids is 1. The SMILES string of the molecule is CCc1ccc(-c2nc(CC(=O)Nc3ccc4ccccc4n3)cs2)cc1. The second-order valence-electron chi connectivity index (χ2n) is 6.31. The number of nitrogens with zero attached hydrogens (tertiary/aromatic N) is 2. The zero-order valence-corrected chi connectivity index (χ0v) is 15.8. The van der Waals surface area contributed by atoms with Crippen LogP contribution in [0.15, 0.2) is 66.0 Å². The summed E-state index contributed by atoms with van der Waals surface area (Å²) in [4.78, 5) is 21.4. The van der Waals surface area contributed by atoms with Gasteiger partial charge in [-0.25, -0.2) is 9.97 Å². The third kappa shape index (κ3) is 4.04. The molecule has 0 fully saturated rings. The average Bonchev–Trinajstić information content (AvgIpc) is 3.16. The quantitative estimate of drug-likeness (QED) is 0.529. The zero-order chi connectivity index (χ0) is 18.6. The summed E-state index contributed by atoms with van der Waals surface area (Å²) in [7, 11) is 0. The van der Waals surface area contributed by atoms with Crippen LogP contribution in [0.2, 0.25) is 0 Å². The van der Waals surface area contributed by atoms with Gasteiger partial charge in [-0.1, -0.05) is 49.4 Å². The van der Waals surface area contributed by atoms with E-state index >= 15 is 0 Å². The number of rotatable bonds is 5. The molecule has 5 heteroatoms. The summed E-state index contributed by atoms with van der Waals surface area (Å²) in [6.07, 6.45) is 1.25. The molecule has 0 unspecified atom stereocenters. The van der Waals surface area contributed by atoms with Crippen LogP contribution in [-0.4, -0.2) is 15.9 Å². The topological polar surface area (TPSA) is 54.9 Å². The van der Waals surface area contributed by atoms with Gasteiger partial charge in [-0.05, 0) is 30.2 Å². The van der Waals surface area contributed by atoms with E-state index in [2.05, 4.69) is 46.5 Å². The van der Waals surface area contributed by atoms with Gasteiger partial charge in [0.2, 0.25) is 5.91 Å². The zero-order valence-electron chi connectivity index (χ0n) is 15.0. The standard InChI is InChI=1S/C22H19N3OS/c1-2-15-7-9-17(10-8-15)22-23-18(14-27-22)13-21(26)25-20-12-11-16-5-3-4-6-19(16)24-20/h3-12,14H,2,13H2,1H3,(H,24,25,26). The Morgan fingerprint density at radius 3 is 2.63 bits per heavy atom. The van der Waals surface area contributed by atoms with Gasteiger partial charge in [-0.3, -0.25) is 4.79 Å². The fraction of sp³-hybridized carbons (Fsp3) is 0.136. The second-order valence-corrected chi connectivity index (χ2v) is 7.17. The smallest absolute Gasteiger partial charge is 0.231 e. The number of para-hydroxylation sites is 1. The maximum absolute atomic E-state index is 12.4. The highest BCUT2D eigenvalue weighted by molar-refractivity contribution is 7.13. The maximum Gasteiger partial charge on any atom is 0.231 e. The van der Waals surface area contributed by atoms with Crippen LogP contribution in [-0.2, 0) is 17.6 Å². The van der Waals surface area contributed by atoms with E-state index in [-0.39, 0.29) is 12.3 Å². The molecule has 1 N–H and O–H groups in total. The van der Waals surface area contributed by atoms with Crippen LogP contribution in [0.3, 0.4) is 0 Å². The average molecular weight is 373 g/mol. The molecule has 2 heterocycles. The summed E-state index contributed by atoms with van der Waals surface area (Å²) < 4.78 is 0. The van der Waals surface area contributed by atoms with E-state index < -0.39 is 0 Å². The van der Waals surface area contributed by atoms with Crippen molar-refractivity contribution < 1.29 is 4.79 Å². The molecule has 4 aromatic rings. The molecular formula is C22H19N3OS. The van der Waals surface area contributed by atoms with E-state index in [1.807, 2.05) is 41.8 Å². The number of carbonyl (C=O) groups is 1. The molecule has 4 rings (SSSR count). The van der Waals surface area contributed by atoms with Gasteiger partial charge < -0.3 is 5.32 Å². The Hall–Kier alpha value is -3.05. The Kier molecular flexibility index (Phi) is 4.94. The van der Waals surface area contributed by atoms with E-state index in [0.29, 0.717) is 5.82 Å². The predicted molar refractivity (Wildman–Crippen MR) is 111 cm³/mol. The van der Waals surface area contributed by atoms with Crippen molar-refractivity contribution in [1.29, 1.82) is 0 Å². The van der Waals surface area contributed by atoms with E-state index in [1.54, 1.807) is 11.3 Å². The predicted octanol–water partition coefficient (Wildman–Crippen LogP) is 5.10. The number of aromatic nitrogens is 2. The van der Waals surface area contributed by atoms with E-state index in [9.17, 15) is 4.79 Å². The Morgan fingerprint density at radius 1 is 1.00 bits per heavy atom.